The van der Waals surface area contributed by atoms with Crippen LogP contribution in [0.1, 0.15) is 27.2 Å². The molecule has 6 nitrogen and oxygen atoms in total. The molecule has 0 saturated heterocycles. The normalized spacial score (nSPS) is 11.9. The number of guanidine groups is 1. The summed E-state index contributed by atoms with van der Waals surface area (Å²) in [5.74, 6) is 0.832. The maximum atomic E-state index is 5.37. The van der Waals surface area contributed by atoms with E-state index in [1.807, 2.05) is 30.8 Å². The van der Waals surface area contributed by atoms with Crippen LogP contribution in [0.25, 0.3) is 0 Å². The number of ether oxygens (including phenoxy) is 1. The van der Waals surface area contributed by atoms with Crippen molar-refractivity contribution in [1.82, 2.24) is 20.4 Å². The summed E-state index contributed by atoms with van der Waals surface area (Å²) < 4.78 is 7.30. The Kier molecular flexibility index (Phi) is 10.4. The van der Waals surface area contributed by atoms with Gasteiger partial charge in [0.25, 0.3) is 0 Å². The van der Waals surface area contributed by atoms with Gasteiger partial charge in [-0.25, -0.2) is 0 Å². The van der Waals surface area contributed by atoms with Crippen LogP contribution in [0.5, 0.6) is 0 Å². The lowest BCUT2D eigenvalue weighted by Gasteiger charge is -2.21. The summed E-state index contributed by atoms with van der Waals surface area (Å²) in [7, 11) is 1.71. The molecular weight excluding hydrogens is 381 g/mol. The number of aliphatic imine (C=N–C) groups is 1. The number of aryl methyl sites for hydroxylation is 1. The summed E-state index contributed by atoms with van der Waals surface area (Å²) in [4.78, 5) is 4.54. The predicted molar refractivity (Wildman–Crippen MR) is 97.3 cm³/mol. The van der Waals surface area contributed by atoms with Crippen LogP contribution in [0.2, 0.25) is 0 Å². The molecule has 1 aromatic heterocycles. The average Bonchev–Trinajstić information content (AvgIpc) is 2.94. The summed E-state index contributed by atoms with van der Waals surface area (Å²) in [6.45, 7) is 9.34. The first-order valence-corrected chi connectivity index (χ1v) is 7.12. The van der Waals surface area contributed by atoms with E-state index in [9.17, 15) is 0 Å². The molecule has 0 amide bonds. The van der Waals surface area contributed by atoms with Crippen LogP contribution in [0.15, 0.2) is 23.5 Å². The SMILES string of the molecule is CCNC(=NCC(C)(C)OC)NCCCn1cccn1.I. The van der Waals surface area contributed by atoms with Crippen LogP contribution >= 0.6 is 24.0 Å². The molecule has 21 heavy (non-hydrogen) atoms. The molecule has 0 aliphatic carbocycles. The maximum absolute atomic E-state index is 5.37. The highest BCUT2D eigenvalue weighted by atomic mass is 127. The lowest BCUT2D eigenvalue weighted by molar-refractivity contribution is 0.0310. The third-order valence-electron chi connectivity index (χ3n) is 2.93. The summed E-state index contributed by atoms with van der Waals surface area (Å²) in [6, 6.07) is 1.94. The topological polar surface area (TPSA) is 63.5 Å². The lowest BCUT2D eigenvalue weighted by Crippen LogP contribution is -2.39. The fraction of sp³-hybridized carbons (Fsp3) is 0.714. The molecule has 0 atom stereocenters. The maximum Gasteiger partial charge on any atom is 0.191 e. The molecule has 0 aliphatic heterocycles. The Balaban J connectivity index is 0.00000400. The van der Waals surface area contributed by atoms with Gasteiger partial charge < -0.3 is 15.4 Å². The first-order chi connectivity index (χ1) is 9.57. The van der Waals surface area contributed by atoms with E-state index in [0.717, 1.165) is 32.0 Å². The number of rotatable bonds is 8. The quantitative estimate of drug-likeness (QED) is 0.298. The third-order valence-corrected chi connectivity index (χ3v) is 2.93. The van der Waals surface area contributed by atoms with E-state index in [-0.39, 0.29) is 29.6 Å². The van der Waals surface area contributed by atoms with Crippen LogP contribution < -0.4 is 10.6 Å². The molecule has 1 aromatic rings. The van der Waals surface area contributed by atoms with Crippen LogP contribution in [-0.2, 0) is 11.3 Å². The van der Waals surface area contributed by atoms with Crippen molar-refractivity contribution in [2.45, 2.75) is 39.3 Å². The van der Waals surface area contributed by atoms with Crippen molar-refractivity contribution < 1.29 is 4.74 Å². The Labute approximate surface area is 144 Å². The van der Waals surface area contributed by atoms with E-state index in [0.29, 0.717) is 6.54 Å². The minimum absolute atomic E-state index is 0. The van der Waals surface area contributed by atoms with Crippen molar-refractivity contribution in [1.29, 1.82) is 0 Å². The van der Waals surface area contributed by atoms with Gasteiger partial charge in [-0.1, -0.05) is 0 Å². The minimum atomic E-state index is -0.239. The number of nitrogens with one attached hydrogen (secondary N) is 2. The number of nitrogens with zero attached hydrogens (tertiary/aromatic N) is 3. The molecule has 0 unspecified atom stereocenters. The van der Waals surface area contributed by atoms with Crippen molar-refractivity contribution in [2.75, 3.05) is 26.7 Å². The molecule has 0 saturated carbocycles. The van der Waals surface area contributed by atoms with E-state index >= 15 is 0 Å². The van der Waals surface area contributed by atoms with Gasteiger partial charge in [-0.2, -0.15) is 5.10 Å². The summed E-state index contributed by atoms with van der Waals surface area (Å²) in [5.41, 5.74) is -0.239. The van der Waals surface area contributed by atoms with Crippen LogP contribution in [0.4, 0.5) is 0 Å². The standard InChI is InChI=1S/C14H27N5O.HI/c1-5-15-13(17-12-14(2,3)20-4)16-8-6-10-19-11-7-9-18-19;/h7,9,11H,5-6,8,10,12H2,1-4H3,(H2,15,16,17);1H. The Morgan fingerprint density at radius 1 is 1.38 bits per heavy atom. The van der Waals surface area contributed by atoms with Gasteiger partial charge in [0.05, 0.1) is 12.1 Å². The van der Waals surface area contributed by atoms with Crippen molar-refractivity contribution in [3.05, 3.63) is 18.5 Å². The molecule has 0 spiro atoms. The Morgan fingerprint density at radius 3 is 2.71 bits per heavy atom. The molecule has 0 bridgehead atoms. The van der Waals surface area contributed by atoms with Gasteiger partial charge in [0.1, 0.15) is 0 Å². The molecular formula is C14H28IN5O. The first-order valence-electron chi connectivity index (χ1n) is 7.12. The van der Waals surface area contributed by atoms with Crippen LogP contribution in [0, 0.1) is 0 Å². The second kappa shape index (κ2) is 10.8. The number of hydrogen-bond donors (Lipinski definition) is 2. The Hall–Kier alpha value is -0.830. The zero-order valence-electron chi connectivity index (χ0n) is 13.4. The van der Waals surface area contributed by atoms with E-state index in [1.165, 1.54) is 0 Å². The van der Waals surface area contributed by atoms with E-state index < -0.39 is 0 Å². The molecule has 0 fully saturated rings. The zero-order valence-corrected chi connectivity index (χ0v) is 15.8. The summed E-state index contributed by atoms with van der Waals surface area (Å²) in [6.07, 6.45) is 4.77. The van der Waals surface area contributed by atoms with Gasteiger partial charge in [-0.15, -0.1) is 24.0 Å². The fourth-order valence-corrected chi connectivity index (χ4v) is 1.56. The highest BCUT2D eigenvalue weighted by molar-refractivity contribution is 14.0. The summed E-state index contributed by atoms with van der Waals surface area (Å²) in [5, 5.41) is 10.7. The average molecular weight is 409 g/mol. The Morgan fingerprint density at radius 2 is 2.14 bits per heavy atom. The predicted octanol–water partition coefficient (Wildman–Crippen LogP) is 1.87. The highest BCUT2D eigenvalue weighted by Gasteiger charge is 2.15. The van der Waals surface area contributed by atoms with Gasteiger partial charge >= 0.3 is 0 Å². The van der Waals surface area contributed by atoms with Crippen molar-refractivity contribution in [3.63, 3.8) is 0 Å². The lowest BCUT2D eigenvalue weighted by atomic mass is 10.1. The van der Waals surface area contributed by atoms with Crippen LogP contribution in [0.3, 0.4) is 0 Å². The molecule has 122 valence electrons. The molecule has 0 radical (unpaired) electrons. The van der Waals surface area contributed by atoms with Crippen molar-refractivity contribution >= 4 is 29.9 Å². The largest absolute Gasteiger partial charge is 0.377 e. The smallest absolute Gasteiger partial charge is 0.191 e. The Bertz CT molecular complexity index is 392. The number of aromatic nitrogens is 2. The second-order valence-electron chi connectivity index (χ2n) is 5.21. The third kappa shape index (κ3) is 8.92. The minimum Gasteiger partial charge on any atom is -0.377 e. The van der Waals surface area contributed by atoms with E-state index in [1.54, 1.807) is 13.3 Å². The molecule has 7 heteroatoms. The molecule has 2 N–H and O–H groups in total. The van der Waals surface area contributed by atoms with Gasteiger partial charge in [0, 0.05) is 39.1 Å². The fourth-order valence-electron chi connectivity index (χ4n) is 1.56. The van der Waals surface area contributed by atoms with Crippen molar-refractivity contribution in [3.8, 4) is 0 Å². The van der Waals surface area contributed by atoms with Crippen LogP contribution in [-0.4, -0.2) is 48.1 Å². The molecule has 1 rings (SSSR count). The number of hydrogen-bond acceptors (Lipinski definition) is 3. The number of methoxy groups -OCH3 is 1. The van der Waals surface area contributed by atoms with Gasteiger partial charge in [-0.3, -0.25) is 9.67 Å². The van der Waals surface area contributed by atoms with Gasteiger partial charge in [0.15, 0.2) is 5.96 Å². The van der Waals surface area contributed by atoms with E-state index in [4.69, 9.17) is 4.74 Å². The number of halogens is 1. The van der Waals surface area contributed by atoms with Gasteiger partial charge in [0.2, 0.25) is 0 Å². The van der Waals surface area contributed by atoms with Crippen molar-refractivity contribution in [2.24, 2.45) is 4.99 Å². The molecule has 0 aromatic carbocycles. The zero-order chi connectivity index (χ0) is 14.8. The molecule has 0 aliphatic rings. The first kappa shape index (κ1) is 20.2. The van der Waals surface area contributed by atoms with E-state index in [2.05, 4.69) is 27.6 Å². The summed E-state index contributed by atoms with van der Waals surface area (Å²) >= 11 is 0. The second-order valence-corrected chi connectivity index (χ2v) is 5.21. The molecule has 1 heterocycles. The monoisotopic (exact) mass is 409 g/mol. The van der Waals surface area contributed by atoms with Gasteiger partial charge in [-0.05, 0) is 33.3 Å². The highest BCUT2D eigenvalue weighted by Crippen LogP contribution is 2.06.